The van der Waals surface area contributed by atoms with Gasteiger partial charge in [-0.25, -0.2) is 0 Å². The molecule has 19 heavy (non-hydrogen) atoms. The van der Waals surface area contributed by atoms with E-state index in [-0.39, 0.29) is 0 Å². The maximum Gasteiger partial charge on any atom is 0.0489 e. The van der Waals surface area contributed by atoms with Crippen LogP contribution in [0.15, 0.2) is 46.9 Å². The fraction of sp³-hybridized carbons (Fsp3) is 0.250. The number of hydrogen-bond donors (Lipinski definition) is 1. The van der Waals surface area contributed by atoms with Gasteiger partial charge in [-0.1, -0.05) is 35.9 Å². The molecule has 1 atom stereocenters. The van der Waals surface area contributed by atoms with Crippen molar-refractivity contribution in [1.29, 1.82) is 0 Å². The number of halogens is 2. The topological polar surface area (TPSA) is 12.0 Å². The Hall–Kier alpha value is -0.990. The molecule has 0 saturated heterocycles. The van der Waals surface area contributed by atoms with Gasteiger partial charge >= 0.3 is 0 Å². The van der Waals surface area contributed by atoms with Gasteiger partial charge in [-0.3, -0.25) is 0 Å². The van der Waals surface area contributed by atoms with Crippen molar-refractivity contribution in [2.75, 3.05) is 5.32 Å². The lowest BCUT2D eigenvalue weighted by molar-refractivity contribution is 0.789. The number of anilines is 1. The molecule has 2 aromatic carbocycles. The van der Waals surface area contributed by atoms with E-state index in [1.54, 1.807) is 0 Å². The Morgan fingerprint density at radius 2 is 1.84 bits per heavy atom. The monoisotopic (exact) mass is 337 g/mol. The molecule has 2 aromatic rings. The summed E-state index contributed by atoms with van der Waals surface area (Å²) >= 11 is 9.52. The lowest BCUT2D eigenvalue weighted by atomic mass is 10.1. The Morgan fingerprint density at radius 1 is 1.16 bits per heavy atom. The average Bonchev–Trinajstić information content (AvgIpc) is 2.38. The van der Waals surface area contributed by atoms with Crippen LogP contribution >= 0.6 is 27.5 Å². The fourth-order valence-electron chi connectivity index (χ4n) is 2.05. The van der Waals surface area contributed by atoms with Crippen LogP contribution in [0.1, 0.15) is 18.1 Å². The van der Waals surface area contributed by atoms with Crippen LogP contribution in [0.3, 0.4) is 0 Å². The molecular formula is C16H17BrClN. The van der Waals surface area contributed by atoms with Crippen LogP contribution in [-0.4, -0.2) is 6.04 Å². The van der Waals surface area contributed by atoms with Crippen molar-refractivity contribution in [1.82, 2.24) is 0 Å². The highest BCUT2D eigenvalue weighted by molar-refractivity contribution is 9.10. The largest absolute Gasteiger partial charge is 0.381 e. The second-order valence-electron chi connectivity index (χ2n) is 4.81. The Bertz CT molecular complexity index is 551. The zero-order valence-corrected chi connectivity index (χ0v) is 13.4. The molecule has 0 radical (unpaired) electrons. The zero-order valence-electron chi connectivity index (χ0n) is 11.1. The minimum atomic E-state index is 0.360. The highest BCUT2D eigenvalue weighted by atomic mass is 79.9. The molecule has 0 heterocycles. The van der Waals surface area contributed by atoms with E-state index in [9.17, 15) is 0 Å². The standard InChI is InChI=1S/C16H17BrClN/c1-11-4-3-5-15(16(11)17)19-12(2)10-13-6-8-14(18)9-7-13/h3-9,12,19H,10H2,1-2H3. The summed E-state index contributed by atoms with van der Waals surface area (Å²) in [5, 5.41) is 4.32. The molecule has 0 aliphatic heterocycles. The minimum Gasteiger partial charge on any atom is -0.381 e. The molecule has 100 valence electrons. The number of nitrogens with one attached hydrogen (secondary N) is 1. The average molecular weight is 339 g/mol. The molecule has 0 amide bonds. The van der Waals surface area contributed by atoms with Gasteiger partial charge in [0.25, 0.3) is 0 Å². The van der Waals surface area contributed by atoms with E-state index in [2.05, 4.69) is 65.4 Å². The van der Waals surface area contributed by atoms with Gasteiger partial charge in [-0.05, 0) is 65.5 Å². The highest BCUT2D eigenvalue weighted by Gasteiger charge is 2.07. The lowest BCUT2D eigenvalue weighted by Gasteiger charge is -2.17. The number of benzene rings is 2. The van der Waals surface area contributed by atoms with Crippen molar-refractivity contribution in [3.8, 4) is 0 Å². The van der Waals surface area contributed by atoms with E-state index in [0.717, 1.165) is 21.6 Å². The van der Waals surface area contributed by atoms with Gasteiger partial charge < -0.3 is 5.32 Å². The Balaban J connectivity index is 2.03. The third-order valence-electron chi connectivity index (χ3n) is 3.05. The van der Waals surface area contributed by atoms with Crippen molar-refractivity contribution in [2.24, 2.45) is 0 Å². The van der Waals surface area contributed by atoms with Crippen LogP contribution in [0.2, 0.25) is 5.02 Å². The third kappa shape index (κ3) is 3.99. The maximum absolute atomic E-state index is 5.89. The summed E-state index contributed by atoms with van der Waals surface area (Å²) in [5.74, 6) is 0. The van der Waals surface area contributed by atoms with E-state index in [1.165, 1.54) is 11.1 Å². The molecule has 0 spiro atoms. The molecule has 0 bridgehead atoms. The molecule has 0 fully saturated rings. The predicted octanol–water partition coefficient (Wildman–Crippen LogP) is 5.45. The van der Waals surface area contributed by atoms with Crippen LogP contribution in [0.4, 0.5) is 5.69 Å². The summed E-state index contributed by atoms with van der Waals surface area (Å²) < 4.78 is 1.14. The Morgan fingerprint density at radius 3 is 2.53 bits per heavy atom. The molecule has 1 nitrogen and oxygen atoms in total. The summed E-state index contributed by atoms with van der Waals surface area (Å²) in [7, 11) is 0. The lowest BCUT2D eigenvalue weighted by Crippen LogP contribution is -2.18. The second kappa shape index (κ2) is 6.44. The Kier molecular flexibility index (Phi) is 4.89. The molecule has 0 aliphatic carbocycles. The van der Waals surface area contributed by atoms with Crippen LogP contribution in [0.5, 0.6) is 0 Å². The second-order valence-corrected chi connectivity index (χ2v) is 6.04. The first-order chi connectivity index (χ1) is 9.06. The first-order valence-electron chi connectivity index (χ1n) is 6.32. The first-order valence-corrected chi connectivity index (χ1v) is 7.49. The third-order valence-corrected chi connectivity index (χ3v) is 4.35. The summed E-state index contributed by atoms with van der Waals surface area (Å²) in [6, 6.07) is 14.6. The Labute approximate surface area is 128 Å². The van der Waals surface area contributed by atoms with E-state index in [0.29, 0.717) is 6.04 Å². The van der Waals surface area contributed by atoms with Crippen molar-refractivity contribution in [3.63, 3.8) is 0 Å². The normalized spacial score (nSPS) is 12.2. The number of hydrogen-bond acceptors (Lipinski definition) is 1. The van der Waals surface area contributed by atoms with Gasteiger partial charge in [0, 0.05) is 21.2 Å². The van der Waals surface area contributed by atoms with Crippen molar-refractivity contribution in [2.45, 2.75) is 26.3 Å². The quantitative estimate of drug-likeness (QED) is 0.781. The molecular weight excluding hydrogens is 322 g/mol. The number of rotatable bonds is 4. The smallest absolute Gasteiger partial charge is 0.0489 e. The summed E-state index contributed by atoms with van der Waals surface area (Å²) in [6.45, 7) is 4.28. The SMILES string of the molecule is Cc1cccc(NC(C)Cc2ccc(Cl)cc2)c1Br. The van der Waals surface area contributed by atoms with Crippen LogP contribution in [-0.2, 0) is 6.42 Å². The molecule has 1 unspecified atom stereocenters. The van der Waals surface area contributed by atoms with Gasteiger partial charge in [-0.15, -0.1) is 0 Å². The molecule has 0 saturated carbocycles. The highest BCUT2D eigenvalue weighted by Crippen LogP contribution is 2.26. The molecule has 2 rings (SSSR count). The zero-order chi connectivity index (χ0) is 13.8. The van der Waals surface area contributed by atoms with E-state index >= 15 is 0 Å². The van der Waals surface area contributed by atoms with Crippen molar-refractivity contribution < 1.29 is 0 Å². The molecule has 1 N–H and O–H groups in total. The molecule has 0 aromatic heterocycles. The summed E-state index contributed by atoms with van der Waals surface area (Å²) in [5.41, 5.74) is 3.67. The van der Waals surface area contributed by atoms with Crippen molar-refractivity contribution in [3.05, 3.63) is 63.1 Å². The van der Waals surface area contributed by atoms with Crippen LogP contribution in [0.25, 0.3) is 0 Å². The van der Waals surface area contributed by atoms with Gasteiger partial charge in [0.05, 0.1) is 0 Å². The first kappa shape index (κ1) is 14.4. The number of aryl methyl sites for hydroxylation is 1. The molecule has 3 heteroatoms. The van der Waals surface area contributed by atoms with Gasteiger partial charge in [0.2, 0.25) is 0 Å². The summed E-state index contributed by atoms with van der Waals surface area (Å²) in [6.07, 6.45) is 0.970. The van der Waals surface area contributed by atoms with Gasteiger partial charge in [0.15, 0.2) is 0 Å². The van der Waals surface area contributed by atoms with E-state index in [4.69, 9.17) is 11.6 Å². The van der Waals surface area contributed by atoms with E-state index < -0.39 is 0 Å². The van der Waals surface area contributed by atoms with Gasteiger partial charge in [0.1, 0.15) is 0 Å². The van der Waals surface area contributed by atoms with Crippen molar-refractivity contribution >= 4 is 33.2 Å². The van der Waals surface area contributed by atoms with Gasteiger partial charge in [-0.2, -0.15) is 0 Å². The molecule has 0 aliphatic rings. The predicted molar refractivity (Wildman–Crippen MR) is 87.1 cm³/mol. The fourth-order valence-corrected chi connectivity index (χ4v) is 2.55. The minimum absolute atomic E-state index is 0.360. The maximum atomic E-state index is 5.89. The van der Waals surface area contributed by atoms with Crippen LogP contribution < -0.4 is 5.32 Å². The van der Waals surface area contributed by atoms with E-state index in [1.807, 2.05) is 12.1 Å². The summed E-state index contributed by atoms with van der Waals surface area (Å²) in [4.78, 5) is 0. The van der Waals surface area contributed by atoms with Crippen LogP contribution in [0, 0.1) is 6.92 Å².